The molecule has 138 valence electrons. The monoisotopic (exact) mass is 365 g/mol. The molecule has 2 amide bonds. The average molecular weight is 365 g/mol. The van der Waals surface area contributed by atoms with Gasteiger partial charge in [0.2, 0.25) is 5.91 Å². The summed E-state index contributed by atoms with van der Waals surface area (Å²) in [4.78, 5) is 27.8. The summed E-state index contributed by atoms with van der Waals surface area (Å²) in [5.74, 6) is 0.476. The SMILES string of the molecule is O=C(CCc1cccnc1)NNC(=O)c1ccc(COc2ccccc2)o1. The number of hydrogen-bond donors (Lipinski definition) is 2. The molecule has 0 spiro atoms. The lowest BCUT2D eigenvalue weighted by atomic mass is 10.1. The Morgan fingerprint density at radius 2 is 1.85 bits per heavy atom. The number of nitrogens with one attached hydrogen (secondary N) is 2. The highest BCUT2D eigenvalue weighted by Crippen LogP contribution is 2.13. The third kappa shape index (κ3) is 5.71. The van der Waals surface area contributed by atoms with Crippen LogP contribution in [0.25, 0.3) is 0 Å². The van der Waals surface area contributed by atoms with Crippen LogP contribution in [0.5, 0.6) is 5.75 Å². The summed E-state index contributed by atoms with van der Waals surface area (Å²) >= 11 is 0. The maximum absolute atomic E-state index is 12.0. The van der Waals surface area contributed by atoms with Crippen molar-refractivity contribution in [2.75, 3.05) is 0 Å². The second-order valence-electron chi connectivity index (χ2n) is 5.73. The molecule has 3 rings (SSSR count). The van der Waals surface area contributed by atoms with Gasteiger partial charge < -0.3 is 9.15 Å². The quantitative estimate of drug-likeness (QED) is 0.628. The summed E-state index contributed by atoms with van der Waals surface area (Å²) in [5, 5.41) is 0. The molecular formula is C20H19N3O4. The van der Waals surface area contributed by atoms with Crippen molar-refractivity contribution in [2.24, 2.45) is 0 Å². The second kappa shape index (κ2) is 9.19. The normalized spacial score (nSPS) is 10.2. The van der Waals surface area contributed by atoms with Crippen molar-refractivity contribution in [1.82, 2.24) is 15.8 Å². The fourth-order valence-corrected chi connectivity index (χ4v) is 2.30. The number of benzene rings is 1. The number of aryl methyl sites for hydroxylation is 1. The van der Waals surface area contributed by atoms with Gasteiger partial charge in [-0.05, 0) is 42.3 Å². The van der Waals surface area contributed by atoms with Crippen LogP contribution in [0, 0.1) is 0 Å². The van der Waals surface area contributed by atoms with Crippen molar-refractivity contribution >= 4 is 11.8 Å². The van der Waals surface area contributed by atoms with Crippen molar-refractivity contribution in [3.8, 4) is 5.75 Å². The lowest BCUT2D eigenvalue weighted by molar-refractivity contribution is -0.121. The molecule has 2 aromatic heterocycles. The maximum Gasteiger partial charge on any atom is 0.305 e. The molecule has 0 aliphatic rings. The Hall–Kier alpha value is -3.61. The van der Waals surface area contributed by atoms with Crippen LogP contribution in [0.15, 0.2) is 71.4 Å². The van der Waals surface area contributed by atoms with Crippen LogP contribution in [-0.2, 0) is 17.8 Å². The van der Waals surface area contributed by atoms with Gasteiger partial charge in [-0.25, -0.2) is 0 Å². The first-order chi connectivity index (χ1) is 13.2. The van der Waals surface area contributed by atoms with Crippen LogP contribution in [0.3, 0.4) is 0 Å². The van der Waals surface area contributed by atoms with E-state index in [1.165, 1.54) is 6.07 Å². The zero-order valence-corrected chi connectivity index (χ0v) is 14.6. The summed E-state index contributed by atoms with van der Waals surface area (Å²) in [7, 11) is 0. The molecule has 0 unspecified atom stereocenters. The first-order valence-corrected chi connectivity index (χ1v) is 8.45. The molecule has 0 aliphatic carbocycles. The van der Waals surface area contributed by atoms with Crippen molar-refractivity contribution in [1.29, 1.82) is 0 Å². The van der Waals surface area contributed by atoms with Crippen molar-refractivity contribution in [2.45, 2.75) is 19.4 Å². The first-order valence-electron chi connectivity index (χ1n) is 8.45. The van der Waals surface area contributed by atoms with Gasteiger partial charge in [0.05, 0.1) is 0 Å². The van der Waals surface area contributed by atoms with Crippen LogP contribution in [0.4, 0.5) is 0 Å². The molecule has 27 heavy (non-hydrogen) atoms. The minimum Gasteiger partial charge on any atom is -0.486 e. The predicted molar refractivity (Wildman–Crippen MR) is 97.6 cm³/mol. The van der Waals surface area contributed by atoms with E-state index in [2.05, 4.69) is 15.8 Å². The van der Waals surface area contributed by atoms with E-state index in [0.29, 0.717) is 17.9 Å². The number of aromatic nitrogens is 1. The van der Waals surface area contributed by atoms with Gasteiger partial charge in [0, 0.05) is 18.8 Å². The molecule has 0 bridgehead atoms. The fourth-order valence-electron chi connectivity index (χ4n) is 2.30. The lowest BCUT2D eigenvalue weighted by Crippen LogP contribution is -2.41. The number of hydrogen-bond acceptors (Lipinski definition) is 5. The van der Waals surface area contributed by atoms with Gasteiger partial charge in [-0.3, -0.25) is 25.4 Å². The summed E-state index contributed by atoms with van der Waals surface area (Å²) in [6.07, 6.45) is 4.15. The van der Waals surface area contributed by atoms with Gasteiger partial charge in [0.15, 0.2) is 5.76 Å². The first kappa shape index (κ1) is 18.2. The zero-order chi connectivity index (χ0) is 18.9. The molecule has 0 radical (unpaired) electrons. The van der Waals surface area contributed by atoms with Crippen LogP contribution in [0.2, 0.25) is 0 Å². The van der Waals surface area contributed by atoms with E-state index >= 15 is 0 Å². The third-order valence-electron chi connectivity index (χ3n) is 3.69. The van der Waals surface area contributed by atoms with E-state index in [0.717, 1.165) is 5.56 Å². The molecule has 7 nitrogen and oxygen atoms in total. The highest BCUT2D eigenvalue weighted by molar-refractivity contribution is 5.92. The van der Waals surface area contributed by atoms with E-state index < -0.39 is 5.91 Å². The summed E-state index contributed by atoms with van der Waals surface area (Å²) < 4.78 is 11.0. The van der Waals surface area contributed by atoms with E-state index in [1.807, 2.05) is 42.5 Å². The number of ether oxygens (including phenoxy) is 1. The van der Waals surface area contributed by atoms with Crippen LogP contribution >= 0.6 is 0 Å². The molecule has 2 heterocycles. The Morgan fingerprint density at radius 3 is 2.63 bits per heavy atom. The lowest BCUT2D eigenvalue weighted by Gasteiger charge is -2.06. The van der Waals surface area contributed by atoms with Crippen molar-refractivity contribution < 1.29 is 18.7 Å². The Bertz CT molecular complexity index is 879. The highest BCUT2D eigenvalue weighted by Gasteiger charge is 2.12. The molecule has 7 heteroatoms. The average Bonchev–Trinajstić information content (AvgIpc) is 3.20. The number of carbonyl (C=O) groups is 2. The minimum atomic E-state index is -0.532. The number of hydrazine groups is 1. The summed E-state index contributed by atoms with van der Waals surface area (Å²) in [5.41, 5.74) is 5.65. The Kier molecular flexibility index (Phi) is 6.19. The minimum absolute atomic E-state index is 0.0919. The standard InChI is InChI=1S/C20H19N3O4/c24-19(11-8-15-5-4-12-21-13-15)22-23-20(25)18-10-9-17(27-18)14-26-16-6-2-1-3-7-16/h1-7,9-10,12-13H,8,11,14H2,(H,22,24)(H,23,25). The van der Waals surface area contributed by atoms with Crippen molar-refractivity contribution in [3.63, 3.8) is 0 Å². The molecule has 0 aliphatic heterocycles. The largest absolute Gasteiger partial charge is 0.486 e. The zero-order valence-electron chi connectivity index (χ0n) is 14.6. The van der Waals surface area contributed by atoms with E-state index in [-0.39, 0.29) is 24.7 Å². The van der Waals surface area contributed by atoms with Crippen LogP contribution in [-0.4, -0.2) is 16.8 Å². The molecule has 0 saturated carbocycles. The van der Waals surface area contributed by atoms with E-state index in [9.17, 15) is 9.59 Å². The van der Waals surface area contributed by atoms with Gasteiger partial charge in [-0.1, -0.05) is 24.3 Å². The topological polar surface area (TPSA) is 93.5 Å². The number of para-hydroxylation sites is 1. The van der Waals surface area contributed by atoms with Gasteiger partial charge in [0.25, 0.3) is 0 Å². The number of carbonyl (C=O) groups excluding carboxylic acids is 2. The smallest absolute Gasteiger partial charge is 0.305 e. The van der Waals surface area contributed by atoms with Crippen LogP contribution in [0.1, 0.15) is 28.3 Å². The number of amides is 2. The Morgan fingerprint density at radius 1 is 1.00 bits per heavy atom. The van der Waals surface area contributed by atoms with Gasteiger partial charge >= 0.3 is 5.91 Å². The molecule has 0 atom stereocenters. The van der Waals surface area contributed by atoms with E-state index in [4.69, 9.17) is 9.15 Å². The number of furan rings is 1. The third-order valence-corrected chi connectivity index (χ3v) is 3.69. The number of nitrogens with zero attached hydrogens (tertiary/aromatic N) is 1. The highest BCUT2D eigenvalue weighted by atomic mass is 16.5. The predicted octanol–water partition coefficient (Wildman–Crippen LogP) is 2.65. The number of pyridine rings is 1. The molecule has 2 N–H and O–H groups in total. The summed E-state index contributed by atoms with van der Waals surface area (Å²) in [6, 6.07) is 16.2. The van der Waals surface area contributed by atoms with Gasteiger partial charge in [0.1, 0.15) is 18.1 Å². The Labute approximate surface area is 156 Å². The van der Waals surface area contributed by atoms with Gasteiger partial charge in [-0.15, -0.1) is 0 Å². The summed E-state index contributed by atoms with van der Waals surface area (Å²) in [6.45, 7) is 0.203. The maximum atomic E-state index is 12.0. The molecule has 0 saturated heterocycles. The molecule has 3 aromatic rings. The fraction of sp³-hybridized carbons (Fsp3) is 0.150. The van der Waals surface area contributed by atoms with Crippen molar-refractivity contribution in [3.05, 3.63) is 84.1 Å². The van der Waals surface area contributed by atoms with Crippen LogP contribution < -0.4 is 15.6 Å². The van der Waals surface area contributed by atoms with Gasteiger partial charge in [-0.2, -0.15) is 0 Å². The Balaban J connectivity index is 1.41. The second-order valence-corrected chi connectivity index (χ2v) is 5.73. The molecule has 1 aromatic carbocycles. The molecular weight excluding hydrogens is 346 g/mol. The molecule has 0 fully saturated rings. The number of rotatable bonds is 7. The van der Waals surface area contributed by atoms with E-state index in [1.54, 1.807) is 18.5 Å².